The van der Waals surface area contributed by atoms with Gasteiger partial charge in [0.2, 0.25) is 0 Å². The van der Waals surface area contributed by atoms with Crippen molar-refractivity contribution in [3.63, 3.8) is 0 Å². The van der Waals surface area contributed by atoms with Crippen LogP contribution in [0.2, 0.25) is 0 Å². The maximum absolute atomic E-state index is 12.2. The number of rotatable bonds is 5. The minimum absolute atomic E-state index is 0.0813. The zero-order valence-electron chi connectivity index (χ0n) is 11.8. The molecule has 0 bridgehead atoms. The fourth-order valence-electron chi connectivity index (χ4n) is 2.69. The minimum Gasteiger partial charge on any atom is -0.334 e. The number of hydrogen-bond donors (Lipinski definition) is 0. The highest BCUT2D eigenvalue weighted by molar-refractivity contribution is 5.98. The second-order valence-electron chi connectivity index (χ2n) is 5.28. The molecular formula is C18H17NO2. The molecule has 1 aliphatic rings. The van der Waals surface area contributed by atoms with Gasteiger partial charge in [0.25, 0.3) is 5.91 Å². The van der Waals surface area contributed by atoms with E-state index < -0.39 is 0 Å². The summed E-state index contributed by atoms with van der Waals surface area (Å²) < 4.78 is 0. The van der Waals surface area contributed by atoms with Gasteiger partial charge < -0.3 is 4.90 Å². The second-order valence-corrected chi connectivity index (χ2v) is 5.28. The summed E-state index contributed by atoms with van der Waals surface area (Å²) in [4.78, 5) is 26.0. The van der Waals surface area contributed by atoms with E-state index in [9.17, 15) is 9.59 Å². The Morgan fingerprint density at radius 2 is 1.71 bits per heavy atom. The molecule has 0 aliphatic carbocycles. The van der Waals surface area contributed by atoms with Gasteiger partial charge in [-0.05, 0) is 18.1 Å². The van der Waals surface area contributed by atoms with E-state index in [1.54, 1.807) is 0 Å². The molecule has 0 atom stereocenters. The summed E-state index contributed by atoms with van der Waals surface area (Å²) in [6.07, 6.45) is 1.18. The Balaban J connectivity index is 1.54. The summed E-state index contributed by atoms with van der Waals surface area (Å²) in [5.74, 6) is 0.220. The molecule has 0 fully saturated rings. The van der Waals surface area contributed by atoms with E-state index in [2.05, 4.69) is 0 Å². The minimum atomic E-state index is 0.0813. The molecule has 0 saturated heterocycles. The standard InChI is InChI=1S/C18H17NO2/c20-17(14-7-2-1-3-8-14)11-6-12-19-13-15-9-4-5-10-16(15)18(19)21/h1-5,7-10H,6,11-13H2. The molecule has 0 spiro atoms. The number of carbonyl (C=O) groups excluding carboxylic acids is 2. The topological polar surface area (TPSA) is 37.4 Å². The van der Waals surface area contributed by atoms with Crippen LogP contribution >= 0.6 is 0 Å². The third-order valence-electron chi connectivity index (χ3n) is 3.82. The molecule has 2 aromatic carbocycles. The van der Waals surface area contributed by atoms with Crippen LogP contribution in [0.1, 0.15) is 39.1 Å². The van der Waals surface area contributed by atoms with Gasteiger partial charge in [0.15, 0.2) is 5.78 Å². The summed E-state index contributed by atoms with van der Waals surface area (Å²) in [6, 6.07) is 17.0. The van der Waals surface area contributed by atoms with E-state index in [0.29, 0.717) is 25.9 Å². The van der Waals surface area contributed by atoms with Crippen molar-refractivity contribution in [2.45, 2.75) is 19.4 Å². The smallest absolute Gasteiger partial charge is 0.254 e. The summed E-state index contributed by atoms with van der Waals surface area (Å²) in [5.41, 5.74) is 2.62. The predicted molar refractivity (Wildman–Crippen MR) is 81.2 cm³/mol. The third kappa shape index (κ3) is 2.87. The molecule has 3 heteroatoms. The third-order valence-corrected chi connectivity index (χ3v) is 3.82. The number of hydrogen-bond acceptors (Lipinski definition) is 2. The Bertz CT molecular complexity index is 664. The van der Waals surface area contributed by atoms with Crippen LogP contribution in [-0.2, 0) is 6.54 Å². The van der Waals surface area contributed by atoms with Gasteiger partial charge >= 0.3 is 0 Å². The largest absolute Gasteiger partial charge is 0.334 e. The first-order chi connectivity index (χ1) is 10.3. The first-order valence-corrected chi connectivity index (χ1v) is 7.21. The lowest BCUT2D eigenvalue weighted by atomic mass is 10.1. The highest BCUT2D eigenvalue weighted by Gasteiger charge is 2.26. The fraction of sp³-hybridized carbons (Fsp3) is 0.222. The molecule has 3 nitrogen and oxygen atoms in total. The van der Waals surface area contributed by atoms with Crippen molar-refractivity contribution in [2.75, 3.05) is 6.54 Å². The number of nitrogens with zero attached hydrogens (tertiary/aromatic N) is 1. The molecule has 0 N–H and O–H groups in total. The van der Waals surface area contributed by atoms with E-state index in [-0.39, 0.29) is 11.7 Å². The Hall–Kier alpha value is -2.42. The summed E-state index contributed by atoms with van der Waals surface area (Å²) >= 11 is 0. The second kappa shape index (κ2) is 5.92. The van der Waals surface area contributed by atoms with Gasteiger partial charge in [-0.15, -0.1) is 0 Å². The average Bonchev–Trinajstić information content (AvgIpc) is 2.85. The molecule has 3 rings (SSSR count). The van der Waals surface area contributed by atoms with Gasteiger partial charge in [0.1, 0.15) is 0 Å². The fourth-order valence-corrected chi connectivity index (χ4v) is 2.69. The molecule has 1 aliphatic heterocycles. The van der Waals surface area contributed by atoms with Crippen molar-refractivity contribution in [1.82, 2.24) is 4.90 Å². The normalized spacial score (nSPS) is 13.3. The van der Waals surface area contributed by atoms with Crippen LogP contribution in [0.4, 0.5) is 0 Å². The molecule has 0 unspecified atom stereocenters. The Labute approximate surface area is 124 Å². The van der Waals surface area contributed by atoms with Crippen LogP contribution in [0.5, 0.6) is 0 Å². The van der Waals surface area contributed by atoms with E-state index in [4.69, 9.17) is 0 Å². The molecule has 106 valence electrons. The van der Waals surface area contributed by atoms with Crippen molar-refractivity contribution >= 4 is 11.7 Å². The van der Waals surface area contributed by atoms with Crippen molar-refractivity contribution in [3.05, 3.63) is 71.3 Å². The van der Waals surface area contributed by atoms with Gasteiger partial charge in [0, 0.05) is 30.6 Å². The molecule has 0 aromatic heterocycles. The van der Waals surface area contributed by atoms with Crippen molar-refractivity contribution in [1.29, 1.82) is 0 Å². The molecule has 1 amide bonds. The number of Topliss-reactive ketones (excluding diaryl/α,β-unsaturated/α-hetero) is 1. The lowest BCUT2D eigenvalue weighted by Gasteiger charge is -2.14. The first-order valence-electron chi connectivity index (χ1n) is 7.21. The van der Waals surface area contributed by atoms with Crippen LogP contribution in [0.15, 0.2) is 54.6 Å². The first kappa shape index (κ1) is 13.6. The van der Waals surface area contributed by atoms with Gasteiger partial charge in [0.05, 0.1) is 0 Å². The summed E-state index contributed by atoms with van der Waals surface area (Å²) in [7, 11) is 0. The molecular weight excluding hydrogens is 262 g/mol. The number of benzene rings is 2. The van der Waals surface area contributed by atoms with Gasteiger partial charge in [-0.3, -0.25) is 9.59 Å². The van der Waals surface area contributed by atoms with E-state index in [1.807, 2.05) is 59.5 Å². The van der Waals surface area contributed by atoms with Crippen LogP contribution in [0.25, 0.3) is 0 Å². The maximum atomic E-state index is 12.2. The number of fused-ring (bicyclic) bond motifs is 1. The summed E-state index contributed by atoms with van der Waals surface area (Å²) in [6.45, 7) is 1.29. The Morgan fingerprint density at radius 1 is 1.00 bits per heavy atom. The van der Waals surface area contributed by atoms with E-state index in [1.165, 1.54) is 0 Å². The SMILES string of the molecule is O=C(CCCN1Cc2ccccc2C1=O)c1ccccc1. The summed E-state index contributed by atoms with van der Waals surface area (Å²) in [5, 5.41) is 0. The number of amides is 1. The number of ketones is 1. The van der Waals surface area contributed by atoms with Crippen LogP contribution in [0, 0.1) is 0 Å². The lowest BCUT2D eigenvalue weighted by molar-refractivity contribution is 0.0768. The highest BCUT2D eigenvalue weighted by Crippen LogP contribution is 2.22. The van der Waals surface area contributed by atoms with E-state index >= 15 is 0 Å². The van der Waals surface area contributed by atoms with Crippen LogP contribution < -0.4 is 0 Å². The van der Waals surface area contributed by atoms with Gasteiger partial charge in [-0.1, -0.05) is 48.5 Å². The zero-order valence-corrected chi connectivity index (χ0v) is 11.8. The Kier molecular flexibility index (Phi) is 3.82. The van der Waals surface area contributed by atoms with E-state index in [0.717, 1.165) is 16.7 Å². The quantitative estimate of drug-likeness (QED) is 0.787. The molecule has 1 heterocycles. The van der Waals surface area contributed by atoms with Crippen molar-refractivity contribution in [2.24, 2.45) is 0 Å². The Morgan fingerprint density at radius 3 is 2.48 bits per heavy atom. The average molecular weight is 279 g/mol. The molecule has 2 aromatic rings. The molecule has 0 radical (unpaired) electrons. The number of carbonyl (C=O) groups is 2. The zero-order chi connectivity index (χ0) is 14.7. The van der Waals surface area contributed by atoms with Crippen LogP contribution in [-0.4, -0.2) is 23.1 Å². The van der Waals surface area contributed by atoms with Gasteiger partial charge in [-0.25, -0.2) is 0 Å². The molecule has 0 saturated carbocycles. The van der Waals surface area contributed by atoms with Crippen molar-refractivity contribution < 1.29 is 9.59 Å². The van der Waals surface area contributed by atoms with Gasteiger partial charge in [-0.2, -0.15) is 0 Å². The molecule has 21 heavy (non-hydrogen) atoms. The predicted octanol–water partition coefficient (Wildman–Crippen LogP) is 3.31. The maximum Gasteiger partial charge on any atom is 0.254 e. The monoisotopic (exact) mass is 279 g/mol. The van der Waals surface area contributed by atoms with Crippen molar-refractivity contribution in [3.8, 4) is 0 Å². The highest BCUT2D eigenvalue weighted by atomic mass is 16.2. The lowest BCUT2D eigenvalue weighted by Crippen LogP contribution is -2.25. The van der Waals surface area contributed by atoms with Crippen LogP contribution in [0.3, 0.4) is 0 Å².